The first-order valence-corrected chi connectivity index (χ1v) is 7.92. The fraction of sp³-hybridized carbons (Fsp3) is 0.0952. The van der Waals surface area contributed by atoms with Gasteiger partial charge in [0.2, 0.25) is 0 Å². The maximum Gasteiger partial charge on any atom is 0.338 e. The number of aromatic nitrogens is 1. The van der Waals surface area contributed by atoms with Crippen LogP contribution in [0.5, 0.6) is 0 Å². The minimum atomic E-state index is -0.296. The molecule has 0 amide bonds. The van der Waals surface area contributed by atoms with Crippen molar-refractivity contribution in [2.45, 2.75) is 6.42 Å². The molecule has 0 atom stereocenters. The molecule has 1 heterocycles. The monoisotopic (exact) mass is 315 g/mol. The number of nitrogens with one attached hydrogen (secondary N) is 1. The maximum atomic E-state index is 12.2. The van der Waals surface area contributed by atoms with E-state index in [1.807, 2.05) is 42.6 Å². The number of para-hydroxylation sites is 1. The molecular weight excluding hydrogens is 298 g/mol. The molecule has 0 saturated carbocycles. The summed E-state index contributed by atoms with van der Waals surface area (Å²) < 4.78 is 4.99. The Morgan fingerprint density at radius 2 is 1.71 bits per heavy atom. The smallest absolute Gasteiger partial charge is 0.338 e. The number of rotatable bonds is 3. The molecular formula is C21H17NO2. The number of hydrogen-bond donors (Lipinski definition) is 1. The zero-order chi connectivity index (χ0) is 16.5. The summed E-state index contributed by atoms with van der Waals surface area (Å²) in [4.78, 5) is 15.5. The van der Waals surface area contributed by atoms with Gasteiger partial charge in [0.05, 0.1) is 12.7 Å². The lowest BCUT2D eigenvalue weighted by Crippen LogP contribution is -2.06. The summed E-state index contributed by atoms with van der Waals surface area (Å²) in [5.41, 5.74) is 3.91. The van der Waals surface area contributed by atoms with E-state index < -0.39 is 0 Å². The van der Waals surface area contributed by atoms with E-state index in [1.165, 1.54) is 18.1 Å². The van der Waals surface area contributed by atoms with Crippen LogP contribution >= 0.6 is 0 Å². The largest absolute Gasteiger partial charge is 0.465 e. The van der Waals surface area contributed by atoms with Crippen molar-refractivity contribution in [1.82, 2.24) is 4.98 Å². The molecule has 3 nitrogen and oxygen atoms in total. The number of esters is 1. The number of H-pyrrole nitrogens is 1. The maximum absolute atomic E-state index is 12.2. The van der Waals surface area contributed by atoms with E-state index in [4.69, 9.17) is 4.74 Å². The van der Waals surface area contributed by atoms with Crippen LogP contribution in [0.2, 0.25) is 0 Å². The van der Waals surface area contributed by atoms with Gasteiger partial charge < -0.3 is 9.72 Å². The van der Waals surface area contributed by atoms with Crippen molar-refractivity contribution in [1.29, 1.82) is 0 Å². The second-order valence-corrected chi connectivity index (χ2v) is 5.84. The van der Waals surface area contributed by atoms with Gasteiger partial charge in [-0.05, 0) is 34.0 Å². The first-order chi connectivity index (χ1) is 11.8. The van der Waals surface area contributed by atoms with Crippen LogP contribution < -0.4 is 0 Å². The van der Waals surface area contributed by atoms with Crippen LogP contribution in [-0.4, -0.2) is 18.1 Å². The highest BCUT2D eigenvalue weighted by atomic mass is 16.5. The molecule has 118 valence electrons. The van der Waals surface area contributed by atoms with Crippen LogP contribution in [0.15, 0.2) is 66.9 Å². The fourth-order valence-corrected chi connectivity index (χ4v) is 3.30. The van der Waals surface area contributed by atoms with Crippen LogP contribution in [0.25, 0.3) is 21.7 Å². The third-order valence-electron chi connectivity index (χ3n) is 4.49. The van der Waals surface area contributed by atoms with Crippen LogP contribution in [0.4, 0.5) is 0 Å². The van der Waals surface area contributed by atoms with Crippen molar-refractivity contribution in [2.75, 3.05) is 7.11 Å². The van der Waals surface area contributed by atoms with E-state index >= 15 is 0 Å². The van der Waals surface area contributed by atoms with E-state index in [-0.39, 0.29) is 5.97 Å². The van der Waals surface area contributed by atoms with Gasteiger partial charge in [-0.2, -0.15) is 0 Å². The number of carbonyl (C=O) groups is 1. The zero-order valence-electron chi connectivity index (χ0n) is 13.4. The summed E-state index contributed by atoms with van der Waals surface area (Å²) >= 11 is 0. The highest BCUT2D eigenvalue weighted by Crippen LogP contribution is 2.28. The Balaban J connectivity index is 1.92. The molecule has 4 rings (SSSR count). The number of ether oxygens (including phenoxy) is 1. The topological polar surface area (TPSA) is 42.1 Å². The van der Waals surface area contributed by atoms with Crippen molar-refractivity contribution >= 4 is 27.6 Å². The predicted octanol–water partition coefficient (Wildman–Crippen LogP) is 4.70. The quantitative estimate of drug-likeness (QED) is 0.557. The molecule has 0 unspecified atom stereocenters. The lowest BCUT2D eigenvalue weighted by molar-refractivity contribution is 0.0600. The number of hydrogen-bond acceptors (Lipinski definition) is 2. The van der Waals surface area contributed by atoms with Gasteiger partial charge >= 0.3 is 5.97 Å². The van der Waals surface area contributed by atoms with E-state index in [0.717, 1.165) is 21.9 Å². The average Bonchev–Trinajstić information content (AvgIpc) is 3.04. The molecule has 1 N–H and O–H groups in total. The predicted molar refractivity (Wildman–Crippen MR) is 96.4 cm³/mol. The van der Waals surface area contributed by atoms with Gasteiger partial charge in [-0.1, -0.05) is 48.5 Å². The highest BCUT2D eigenvalue weighted by molar-refractivity contribution is 5.99. The average molecular weight is 315 g/mol. The third kappa shape index (κ3) is 2.35. The van der Waals surface area contributed by atoms with Crippen molar-refractivity contribution in [3.63, 3.8) is 0 Å². The molecule has 3 heteroatoms. The highest BCUT2D eigenvalue weighted by Gasteiger charge is 2.16. The normalized spacial score (nSPS) is 11.0. The molecule has 0 saturated heterocycles. The molecule has 24 heavy (non-hydrogen) atoms. The van der Waals surface area contributed by atoms with Crippen LogP contribution in [0, 0.1) is 0 Å². The molecule has 0 aliphatic heterocycles. The molecule has 0 bridgehead atoms. The molecule has 0 radical (unpaired) electrons. The van der Waals surface area contributed by atoms with E-state index in [1.54, 1.807) is 0 Å². The standard InChI is InChI=1S/C21H17NO2/c1-24-21(23)18-11-10-14-6-2-3-7-16(14)19(18)12-15-13-22-20-9-5-4-8-17(15)20/h2-11,13,22H,12H2,1H3. The number of methoxy groups -OCH3 is 1. The zero-order valence-corrected chi connectivity index (χ0v) is 13.4. The summed E-state index contributed by atoms with van der Waals surface area (Å²) in [6.45, 7) is 0. The number of carbonyl (C=O) groups excluding carboxylic acids is 1. The van der Waals surface area contributed by atoms with Gasteiger partial charge in [0.1, 0.15) is 0 Å². The summed E-state index contributed by atoms with van der Waals surface area (Å²) in [6.07, 6.45) is 2.70. The van der Waals surface area contributed by atoms with Crippen molar-refractivity contribution in [3.05, 3.63) is 83.6 Å². The van der Waals surface area contributed by atoms with E-state index in [9.17, 15) is 4.79 Å². The summed E-state index contributed by atoms with van der Waals surface area (Å²) in [6, 6.07) is 20.2. The molecule has 3 aromatic carbocycles. The Hall–Kier alpha value is -3.07. The second kappa shape index (κ2) is 5.85. The van der Waals surface area contributed by atoms with Gasteiger partial charge in [-0.25, -0.2) is 4.79 Å². The van der Waals surface area contributed by atoms with Crippen molar-refractivity contribution in [2.24, 2.45) is 0 Å². The van der Waals surface area contributed by atoms with Gasteiger partial charge in [-0.3, -0.25) is 0 Å². The van der Waals surface area contributed by atoms with E-state index in [2.05, 4.69) is 29.2 Å². The minimum Gasteiger partial charge on any atom is -0.465 e. The lowest BCUT2D eigenvalue weighted by atomic mass is 9.93. The third-order valence-corrected chi connectivity index (χ3v) is 4.49. The fourth-order valence-electron chi connectivity index (χ4n) is 3.30. The Labute approximate surface area is 139 Å². The van der Waals surface area contributed by atoms with Crippen LogP contribution in [-0.2, 0) is 11.2 Å². The number of aromatic amines is 1. The molecule has 0 spiro atoms. The Morgan fingerprint density at radius 3 is 2.54 bits per heavy atom. The molecule has 4 aromatic rings. The van der Waals surface area contributed by atoms with Gasteiger partial charge in [0, 0.05) is 23.5 Å². The Bertz CT molecular complexity index is 1050. The minimum absolute atomic E-state index is 0.296. The lowest BCUT2D eigenvalue weighted by Gasteiger charge is -2.11. The molecule has 0 aliphatic carbocycles. The van der Waals surface area contributed by atoms with Gasteiger partial charge in [0.15, 0.2) is 0 Å². The second-order valence-electron chi connectivity index (χ2n) is 5.84. The molecule has 0 aliphatic rings. The number of benzene rings is 3. The van der Waals surface area contributed by atoms with Crippen LogP contribution in [0.1, 0.15) is 21.5 Å². The Morgan fingerprint density at radius 1 is 0.958 bits per heavy atom. The first-order valence-electron chi connectivity index (χ1n) is 7.92. The summed E-state index contributed by atoms with van der Waals surface area (Å²) in [5.74, 6) is -0.296. The van der Waals surface area contributed by atoms with E-state index in [0.29, 0.717) is 12.0 Å². The van der Waals surface area contributed by atoms with Gasteiger partial charge in [-0.15, -0.1) is 0 Å². The van der Waals surface area contributed by atoms with Crippen molar-refractivity contribution < 1.29 is 9.53 Å². The number of fused-ring (bicyclic) bond motifs is 2. The Kier molecular flexibility index (Phi) is 3.54. The summed E-state index contributed by atoms with van der Waals surface area (Å²) in [7, 11) is 1.42. The van der Waals surface area contributed by atoms with Crippen LogP contribution in [0.3, 0.4) is 0 Å². The van der Waals surface area contributed by atoms with Crippen molar-refractivity contribution in [3.8, 4) is 0 Å². The first kappa shape index (κ1) is 14.5. The molecule has 0 fully saturated rings. The molecule has 1 aromatic heterocycles. The SMILES string of the molecule is COC(=O)c1ccc2ccccc2c1Cc1c[nH]c2ccccc12. The summed E-state index contributed by atoms with van der Waals surface area (Å²) in [5, 5.41) is 3.40. The van der Waals surface area contributed by atoms with Gasteiger partial charge in [0.25, 0.3) is 0 Å².